The lowest BCUT2D eigenvalue weighted by Gasteiger charge is -2.44. The van der Waals surface area contributed by atoms with Gasteiger partial charge in [0.1, 0.15) is 5.82 Å². The first kappa shape index (κ1) is 16.4. The van der Waals surface area contributed by atoms with Gasteiger partial charge in [-0.2, -0.15) is 4.52 Å². The third-order valence-corrected chi connectivity index (χ3v) is 5.50. The molecular weight excluding hydrogens is 344 g/mol. The highest BCUT2D eigenvalue weighted by atomic mass is 16.1. The molecule has 0 bridgehead atoms. The van der Waals surface area contributed by atoms with Gasteiger partial charge in [-0.3, -0.25) is 9.47 Å². The molecule has 27 heavy (non-hydrogen) atoms. The molecule has 2 aliphatic rings. The fourth-order valence-corrected chi connectivity index (χ4v) is 3.49. The van der Waals surface area contributed by atoms with Crippen molar-refractivity contribution in [1.29, 1.82) is 0 Å². The Morgan fingerprint density at radius 2 is 2.07 bits per heavy atom. The first-order valence-electron chi connectivity index (χ1n) is 9.38. The van der Waals surface area contributed by atoms with Gasteiger partial charge in [0.05, 0.1) is 0 Å². The Kier molecular flexibility index (Phi) is 3.89. The minimum Gasteiger partial charge on any atom is -0.352 e. The van der Waals surface area contributed by atoms with Crippen molar-refractivity contribution < 1.29 is 0 Å². The van der Waals surface area contributed by atoms with Gasteiger partial charge < -0.3 is 4.90 Å². The van der Waals surface area contributed by atoms with E-state index in [0.29, 0.717) is 18.5 Å². The highest BCUT2D eigenvalue weighted by Gasteiger charge is 2.32. The summed E-state index contributed by atoms with van der Waals surface area (Å²) in [5.74, 6) is 2.48. The first-order chi connectivity index (χ1) is 13.2. The van der Waals surface area contributed by atoms with Crippen LogP contribution in [0.25, 0.3) is 5.65 Å². The van der Waals surface area contributed by atoms with Crippen molar-refractivity contribution in [2.45, 2.75) is 31.3 Å². The van der Waals surface area contributed by atoms with Crippen LogP contribution in [0.5, 0.6) is 0 Å². The van der Waals surface area contributed by atoms with Crippen molar-refractivity contribution in [3.63, 3.8) is 0 Å². The Morgan fingerprint density at radius 1 is 1.22 bits per heavy atom. The van der Waals surface area contributed by atoms with Crippen LogP contribution in [0.2, 0.25) is 0 Å². The minimum absolute atomic E-state index is 0.195. The summed E-state index contributed by atoms with van der Waals surface area (Å²) in [4.78, 5) is 20.0. The maximum Gasteiger partial charge on any atom is 0.347 e. The van der Waals surface area contributed by atoms with Gasteiger partial charge in [0.2, 0.25) is 0 Å². The van der Waals surface area contributed by atoms with Gasteiger partial charge in [0, 0.05) is 50.5 Å². The maximum atomic E-state index is 11.7. The molecule has 0 radical (unpaired) electrons. The first-order valence-corrected chi connectivity index (χ1v) is 9.38. The molecule has 0 atom stereocenters. The number of rotatable bonds is 6. The summed E-state index contributed by atoms with van der Waals surface area (Å²) in [6, 6.07) is 6.26. The van der Waals surface area contributed by atoms with Crippen LogP contribution in [-0.4, -0.2) is 67.0 Å². The molecule has 0 amide bonds. The normalized spacial score (nSPS) is 17.6. The molecule has 9 heteroatoms. The molecule has 0 spiro atoms. The van der Waals surface area contributed by atoms with Crippen LogP contribution in [0.1, 0.15) is 24.6 Å². The zero-order valence-electron chi connectivity index (χ0n) is 15.3. The van der Waals surface area contributed by atoms with Crippen molar-refractivity contribution >= 4 is 11.5 Å². The summed E-state index contributed by atoms with van der Waals surface area (Å²) in [5.41, 5.74) is 0.621. The second-order valence-electron chi connectivity index (χ2n) is 7.43. The molecule has 1 aliphatic carbocycles. The number of nitrogens with zero attached hydrogens (tertiary/aromatic N) is 8. The van der Waals surface area contributed by atoms with Crippen LogP contribution in [0.4, 0.5) is 5.82 Å². The third-order valence-electron chi connectivity index (χ3n) is 5.50. The van der Waals surface area contributed by atoms with E-state index in [2.05, 4.69) is 32.0 Å². The van der Waals surface area contributed by atoms with Gasteiger partial charge in [0.15, 0.2) is 11.5 Å². The molecular formula is C18H22N8O. The van der Waals surface area contributed by atoms with Crippen LogP contribution in [0, 0.1) is 0 Å². The molecule has 5 rings (SSSR count). The Hall–Kier alpha value is -2.81. The number of aromatic nitrogens is 6. The molecule has 0 N–H and O–H groups in total. The highest BCUT2D eigenvalue weighted by Crippen LogP contribution is 2.38. The van der Waals surface area contributed by atoms with E-state index in [1.54, 1.807) is 16.8 Å². The molecule has 3 aromatic rings. The van der Waals surface area contributed by atoms with E-state index >= 15 is 0 Å². The predicted octanol–water partition coefficient (Wildman–Crippen LogP) is 0.379. The van der Waals surface area contributed by atoms with E-state index in [1.807, 2.05) is 16.6 Å². The zero-order valence-corrected chi connectivity index (χ0v) is 15.3. The second kappa shape index (κ2) is 6.41. The molecule has 1 saturated carbocycles. The van der Waals surface area contributed by atoms with Crippen molar-refractivity contribution in [1.82, 2.24) is 34.3 Å². The van der Waals surface area contributed by atoms with Crippen molar-refractivity contribution in [3.8, 4) is 0 Å². The molecule has 3 aromatic heterocycles. The Morgan fingerprint density at radius 3 is 2.85 bits per heavy atom. The lowest BCUT2D eigenvalue weighted by molar-refractivity contribution is 0.196. The Balaban J connectivity index is 1.21. The van der Waals surface area contributed by atoms with Crippen molar-refractivity contribution in [2.24, 2.45) is 0 Å². The highest BCUT2D eigenvalue weighted by molar-refractivity contribution is 5.48. The van der Waals surface area contributed by atoms with Crippen LogP contribution in [0.15, 0.2) is 35.4 Å². The summed E-state index contributed by atoms with van der Waals surface area (Å²) in [5, 5.41) is 13.3. The molecule has 0 unspecified atom stereocenters. The van der Waals surface area contributed by atoms with E-state index in [4.69, 9.17) is 5.10 Å². The number of hydrogen-bond acceptors (Lipinski definition) is 7. The number of likely N-dealkylation sites (N-methyl/N-ethyl adjacent to an activating group) is 1. The zero-order chi connectivity index (χ0) is 18.4. The molecule has 4 heterocycles. The van der Waals surface area contributed by atoms with E-state index in [1.165, 1.54) is 19.0 Å². The molecule has 1 saturated heterocycles. The molecule has 9 nitrogen and oxygen atoms in total. The van der Waals surface area contributed by atoms with E-state index < -0.39 is 0 Å². The average Bonchev–Trinajstić information content (AvgIpc) is 3.39. The van der Waals surface area contributed by atoms with Gasteiger partial charge in [0.25, 0.3) is 0 Å². The van der Waals surface area contributed by atoms with Gasteiger partial charge in [-0.15, -0.1) is 15.3 Å². The van der Waals surface area contributed by atoms with Gasteiger partial charge in [-0.05, 0) is 38.1 Å². The average molecular weight is 366 g/mol. The number of hydrogen-bond donors (Lipinski definition) is 0. The topological polar surface area (TPSA) is 84.5 Å². The molecule has 2 fully saturated rings. The summed E-state index contributed by atoms with van der Waals surface area (Å²) in [7, 11) is 2.10. The fourth-order valence-electron chi connectivity index (χ4n) is 3.49. The summed E-state index contributed by atoms with van der Waals surface area (Å²) < 4.78 is 3.55. The molecule has 0 aromatic carbocycles. The van der Waals surface area contributed by atoms with E-state index in [-0.39, 0.29) is 5.69 Å². The van der Waals surface area contributed by atoms with Crippen LogP contribution >= 0.6 is 0 Å². The molecule has 1 aliphatic heterocycles. The summed E-state index contributed by atoms with van der Waals surface area (Å²) >= 11 is 0. The van der Waals surface area contributed by atoms with Crippen molar-refractivity contribution in [2.75, 3.05) is 31.6 Å². The van der Waals surface area contributed by atoms with Gasteiger partial charge in [-0.25, -0.2) is 9.78 Å². The number of anilines is 1. The van der Waals surface area contributed by atoms with E-state index in [9.17, 15) is 4.79 Å². The lowest BCUT2D eigenvalue weighted by Crippen LogP contribution is -2.59. The fraction of sp³-hybridized carbons (Fsp3) is 0.500. The van der Waals surface area contributed by atoms with Crippen LogP contribution in [-0.2, 0) is 6.54 Å². The Labute approximate surface area is 156 Å². The minimum atomic E-state index is -0.195. The van der Waals surface area contributed by atoms with Gasteiger partial charge in [-0.1, -0.05) is 0 Å². The largest absolute Gasteiger partial charge is 0.352 e. The standard InChI is InChI=1S/C18H22N8O/c1-23(9-10-24-8-2-7-19-18(24)27)14-11-25(12-14)16-6-5-15-20-21-17(13-3-4-13)26(15)22-16/h2,5-8,13-14H,3-4,9-12H2,1H3. The summed E-state index contributed by atoms with van der Waals surface area (Å²) in [6.07, 6.45) is 5.68. The van der Waals surface area contributed by atoms with E-state index in [0.717, 1.165) is 36.9 Å². The number of fused-ring (bicyclic) bond motifs is 1. The van der Waals surface area contributed by atoms with Crippen LogP contribution < -0.4 is 10.6 Å². The predicted molar refractivity (Wildman–Crippen MR) is 99.9 cm³/mol. The Bertz CT molecular complexity index is 1020. The monoisotopic (exact) mass is 366 g/mol. The smallest absolute Gasteiger partial charge is 0.347 e. The maximum absolute atomic E-state index is 11.7. The van der Waals surface area contributed by atoms with Gasteiger partial charge >= 0.3 is 5.69 Å². The van der Waals surface area contributed by atoms with Crippen molar-refractivity contribution in [3.05, 3.63) is 46.9 Å². The SMILES string of the molecule is CN(CCn1cccnc1=O)C1CN(c2ccc3nnc(C4CC4)n3n2)C1. The molecule has 140 valence electrons. The summed E-state index contributed by atoms with van der Waals surface area (Å²) in [6.45, 7) is 3.32. The third kappa shape index (κ3) is 3.08. The lowest BCUT2D eigenvalue weighted by atomic mass is 10.1. The second-order valence-corrected chi connectivity index (χ2v) is 7.43. The quantitative estimate of drug-likeness (QED) is 0.623. The van der Waals surface area contributed by atoms with Crippen LogP contribution in [0.3, 0.4) is 0 Å².